The van der Waals surface area contributed by atoms with E-state index in [9.17, 15) is 9.59 Å². The molecule has 0 atom stereocenters. The van der Waals surface area contributed by atoms with Gasteiger partial charge in [0.1, 0.15) is 0 Å². The highest BCUT2D eigenvalue weighted by atomic mass is 16.2. The number of hydrogen-bond donors (Lipinski definition) is 1. The number of hydrogen-bond acceptors (Lipinski definition) is 5. The van der Waals surface area contributed by atoms with Crippen LogP contribution >= 0.6 is 0 Å². The molecule has 2 heterocycles. The fraction of sp³-hybridized carbons (Fsp3) is 0. The molecule has 0 bridgehead atoms. The zero-order valence-corrected chi connectivity index (χ0v) is 9.57. The number of nitrogens with one attached hydrogen (secondary N) is 1. The Hall–Kier alpha value is -2.96. The van der Waals surface area contributed by atoms with Crippen molar-refractivity contribution in [3.05, 3.63) is 47.8 Å². The van der Waals surface area contributed by atoms with Gasteiger partial charge >= 0.3 is 5.91 Å². The molecule has 2 amide bonds. The Labute approximate surface area is 107 Å². The van der Waals surface area contributed by atoms with Crippen molar-refractivity contribution in [1.82, 2.24) is 9.97 Å². The number of aromatic nitrogens is 2. The Balaban J connectivity index is 1.96. The lowest BCUT2D eigenvalue weighted by molar-refractivity contribution is 0.0916. The number of nitrogens with zero attached hydrogens (tertiary/aromatic N) is 4. The Morgan fingerprint density at radius 3 is 2.47 bits per heavy atom. The number of carbonyl (C=O) groups excluding carboxylic acids is 2. The van der Waals surface area contributed by atoms with Crippen molar-refractivity contribution in [3.63, 3.8) is 0 Å². The van der Waals surface area contributed by atoms with E-state index >= 15 is 0 Å². The fourth-order valence-corrected chi connectivity index (χ4v) is 1.60. The first-order valence-electron chi connectivity index (χ1n) is 5.43. The van der Waals surface area contributed by atoms with Crippen molar-refractivity contribution in [3.8, 4) is 0 Å². The maximum atomic E-state index is 11.5. The van der Waals surface area contributed by atoms with Crippen molar-refractivity contribution in [2.75, 3.05) is 5.32 Å². The van der Waals surface area contributed by atoms with Crippen LogP contribution < -0.4 is 5.32 Å². The van der Waals surface area contributed by atoms with E-state index in [1.165, 1.54) is 6.20 Å². The van der Waals surface area contributed by atoms with Crippen LogP contribution in [0.2, 0.25) is 0 Å². The second-order valence-electron chi connectivity index (χ2n) is 3.76. The van der Waals surface area contributed by atoms with Crippen LogP contribution in [0, 0.1) is 0 Å². The van der Waals surface area contributed by atoms with Crippen LogP contribution in [0.1, 0.15) is 20.8 Å². The molecule has 1 N–H and O–H groups in total. The molecule has 7 nitrogen and oxygen atoms in total. The smallest absolute Gasteiger partial charge is 0.315 e. The van der Waals surface area contributed by atoms with Gasteiger partial charge in [0.05, 0.1) is 5.56 Å². The zero-order valence-electron chi connectivity index (χ0n) is 9.57. The Morgan fingerprint density at radius 2 is 1.68 bits per heavy atom. The summed E-state index contributed by atoms with van der Waals surface area (Å²) in [7, 11) is 0. The van der Waals surface area contributed by atoms with Crippen molar-refractivity contribution in [1.29, 1.82) is 0 Å². The van der Waals surface area contributed by atoms with Crippen molar-refractivity contribution in [2.45, 2.75) is 0 Å². The molecule has 92 valence electrons. The lowest BCUT2D eigenvalue weighted by Crippen LogP contribution is -2.15. The first-order valence-corrected chi connectivity index (χ1v) is 5.43. The maximum Gasteiger partial charge on any atom is 0.315 e. The van der Waals surface area contributed by atoms with Gasteiger partial charge in [0, 0.05) is 11.9 Å². The minimum Gasteiger partial charge on any atom is -0.324 e. The van der Waals surface area contributed by atoms with E-state index < -0.39 is 11.8 Å². The van der Waals surface area contributed by atoms with Gasteiger partial charge < -0.3 is 5.32 Å². The van der Waals surface area contributed by atoms with Gasteiger partial charge in [-0.3, -0.25) is 9.59 Å². The SMILES string of the molecule is O=C1N=NC(=O)c2nc(Nc3ccccc3)ncc21. The highest BCUT2D eigenvalue weighted by Gasteiger charge is 2.24. The number of benzene rings is 1. The molecule has 7 heteroatoms. The van der Waals surface area contributed by atoms with Crippen LogP contribution in [0.3, 0.4) is 0 Å². The monoisotopic (exact) mass is 253 g/mol. The summed E-state index contributed by atoms with van der Waals surface area (Å²) in [5, 5.41) is 9.35. The lowest BCUT2D eigenvalue weighted by atomic mass is 10.2. The normalized spacial score (nSPS) is 13.3. The van der Waals surface area contributed by atoms with Gasteiger partial charge in [-0.1, -0.05) is 18.2 Å². The van der Waals surface area contributed by atoms with E-state index in [2.05, 4.69) is 25.5 Å². The van der Waals surface area contributed by atoms with Gasteiger partial charge in [0.25, 0.3) is 5.91 Å². The van der Waals surface area contributed by atoms with Gasteiger partial charge in [-0.05, 0) is 12.1 Å². The number of para-hydroxylation sites is 1. The minimum absolute atomic E-state index is 0.0339. The number of anilines is 2. The summed E-state index contributed by atoms with van der Waals surface area (Å²) in [6.07, 6.45) is 1.27. The van der Waals surface area contributed by atoms with E-state index in [1.54, 1.807) is 0 Å². The van der Waals surface area contributed by atoms with Gasteiger partial charge in [-0.15, -0.1) is 10.2 Å². The summed E-state index contributed by atoms with van der Waals surface area (Å²) < 4.78 is 0. The number of rotatable bonds is 2. The summed E-state index contributed by atoms with van der Waals surface area (Å²) in [4.78, 5) is 30.9. The first kappa shape index (κ1) is 11.1. The van der Waals surface area contributed by atoms with Crippen molar-refractivity contribution >= 4 is 23.5 Å². The lowest BCUT2D eigenvalue weighted by Gasteiger charge is -2.08. The molecular weight excluding hydrogens is 246 g/mol. The first-order chi connectivity index (χ1) is 9.24. The number of amides is 2. The Bertz CT molecular complexity index is 697. The topological polar surface area (TPSA) is 96.7 Å². The molecule has 0 spiro atoms. The quantitative estimate of drug-likeness (QED) is 0.882. The molecule has 0 saturated carbocycles. The summed E-state index contributed by atoms with van der Waals surface area (Å²) in [6, 6.07) is 9.24. The van der Waals surface area contributed by atoms with E-state index in [0.29, 0.717) is 0 Å². The standard InChI is InChI=1S/C12H7N5O2/c18-10-8-6-13-12(14-7-4-2-1-3-5-7)15-9(8)11(19)17-16-10/h1-6H,(H,13,14,15). The van der Waals surface area contributed by atoms with Crippen molar-refractivity contribution < 1.29 is 9.59 Å². The Kier molecular flexibility index (Phi) is 2.57. The molecule has 0 aliphatic carbocycles. The Morgan fingerprint density at radius 1 is 0.947 bits per heavy atom. The molecule has 1 aliphatic heterocycles. The van der Waals surface area contributed by atoms with Crippen LogP contribution in [-0.2, 0) is 0 Å². The molecule has 0 unspecified atom stereocenters. The van der Waals surface area contributed by atoms with E-state index in [4.69, 9.17) is 0 Å². The molecule has 1 aromatic heterocycles. The third-order valence-corrected chi connectivity index (χ3v) is 2.48. The van der Waals surface area contributed by atoms with Crippen LogP contribution in [0.15, 0.2) is 46.8 Å². The van der Waals surface area contributed by atoms with Crippen LogP contribution in [0.4, 0.5) is 11.6 Å². The molecule has 0 radical (unpaired) electrons. The third kappa shape index (κ3) is 2.08. The summed E-state index contributed by atoms with van der Waals surface area (Å²) in [6.45, 7) is 0. The second-order valence-corrected chi connectivity index (χ2v) is 3.76. The molecule has 3 rings (SSSR count). The number of carbonyl (C=O) groups is 2. The fourth-order valence-electron chi connectivity index (χ4n) is 1.60. The second kappa shape index (κ2) is 4.37. The summed E-state index contributed by atoms with van der Waals surface area (Å²) >= 11 is 0. The molecule has 0 fully saturated rings. The number of fused-ring (bicyclic) bond motifs is 1. The molecule has 2 aromatic rings. The van der Waals surface area contributed by atoms with E-state index in [-0.39, 0.29) is 17.2 Å². The van der Waals surface area contributed by atoms with Crippen LogP contribution in [0.5, 0.6) is 0 Å². The van der Waals surface area contributed by atoms with Gasteiger partial charge in [-0.25, -0.2) is 9.97 Å². The number of azo groups is 1. The predicted molar refractivity (Wildman–Crippen MR) is 65.3 cm³/mol. The maximum absolute atomic E-state index is 11.5. The van der Waals surface area contributed by atoms with Crippen LogP contribution in [0.25, 0.3) is 0 Å². The van der Waals surface area contributed by atoms with Crippen LogP contribution in [-0.4, -0.2) is 21.8 Å². The zero-order chi connectivity index (χ0) is 13.2. The third-order valence-electron chi connectivity index (χ3n) is 2.48. The average molecular weight is 253 g/mol. The van der Waals surface area contributed by atoms with E-state index in [1.807, 2.05) is 30.3 Å². The van der Waals surface area contributed by atoms with E-state index in [0.717, 1.165) is 5.69 Å². The summed E-state index contributed by atoms with van der Waals surface area (Å²) in [5.74, 6) is -1.03. The largest absolute Gasteiger partial charge is 0.324 e. The molecular formula is C12H7N5O2. The minimum atomic E-state index is -0.645. The van der Waals surface area contributed by atoms with Crippen molar-refractivity contribution in [2.24, 2.45) is 10.2 Å². The van der Waals surface area contributed by atoms with Gasteiger partial charge in [0.15, 0.2) is 5.69 Å². The molecule has 19 heavy (non-hydrogen) atoms. The van der Waals surface area contributed by atoms with Gasteiger partial charge in [-0.2, -0.15) is 0 Å². The predicted octanol–water partition coefficient (Wildman–Crippen LogP) is 1.97. The highest BCUT2D eigenvalue weighted by Crippen LogP contribution is 2.18. The average Bonchev–Trinajstić information content (AvgIpc) is 2.44. The van der Waals surface area contributed by atoms with Gasteiger partial charge in [0.2, 0.25) is 5.95 Å². The molecule has 1 aliphatic rings. The summed E-state index contributed by atoms with van der Waals surface area (Å²) in [5.41, 5.74) is 0.811. The molecule has 0 saturated heterocycles. The molecule has 1 aromatic carbocycles. The highest BCUT2D eigenvalue weighted by molar-refractivity contribution is 6.09.